The van der Waals surface area contributed by atoms with E-state index in [0.29, 0.717) is 5.41 Å². The second-order valence-electron chi connectivity index (χ2n) is 6.62. The standard InChI is InChI=1S/C15H24/c1-3-11(2)7-15-8-12-4-13(9-15)6-14(5-12)10-15/h7,12-14H,3-6,8-10H2,1-2H3/b11-7+. The second-order valence-corrected chi connectivity index (χ2v) is 6.62. The normalized spacial score (nSPS) is 48.7. The summed E-state index contributed by atoms with van der Waals surface area (Å²) in [6, 6.07) is 0. The molecule has 0 saturated heterocycles. The predicted molar refractivity (Wildman–Crippen MR) is 64.7 cm³/mol. The van der Waals surface area contributed by atoms with Crippen LogP contribution in [0, 0.1) is 23.2 Å². The van der Waals surface area contributed by atoms with Crippen molar-refractivity contribution in [3.05, 3.63) is 11.6 Å². The minimum atomic E-state index is 0.662. The van der Waals surface area contributed by atoms with E-state index in [1.165, 1.54) is 25.7 Å². The molecule has 0 aliphatic heterocycles. The first-order valence-corrected chi connectivity index (χ1v) is 6.87. The van der Waals surface area contributed by atoms with Crippen LogP contribution < -0.4 is 0 Å². The van der Waals surface area contributed by atoms with Crippen LogP contribution in [0.4, 0.5) is 0 Å². The molecule has 0 nitrogen and oxygen atoms in total. The lowest BCUT2D eigenvalue weighted by Gasteiger charge is -2.56. The van der Waals surface area contributed by atoms with Gasteiger partial charge in [-0.2, -0.15) is 0 Å². The third-order valence-electron chi connectivity index (χ3n) is 5.20. The fourth-order valence-electron chi connectivity index (χ4n) is 4.98. The Labute approximate surface area is 94.1 Å². The van der Waals surface area contributed by atoms with Gasteiger partial charge < -0.3 is 0 Å². The van der Waals surface area contributed by atoms with Crippen LogP contribution in [-0.4, -0.2) is 0 Å². The molecule has 4 aliphatic carbocycles. The van der Waals surface area contributed by atoms with Gasteiger partial charge >= 0.3 is 0 Å². The Morgan fingerprint density at radius 1 is 1.07 bits per heavy atom. The van der Waals surface area contributed by atoms with E-state index in [1.54, 1.807) is 24.8 Å². The SMILES string of the molecule is CC/C(C)=C/C12CC3CC(CC(C3)C1)C2. The van der Waals surface area contributed by atoms with Gasteiger partial charge in [-0.3, -0.25) is 0 Å². The summed E-state index contributed by atoms with van der Waals surface area (Å²) < 4.78 is 0. The lowest BCUT2D eigenvalue weighted by molar-refractivity contribution is -0.0242. The van der Waals surface area contributed by atoms with E-state index in [-0.39, 0.29) is 0 Å². The number of allylic oxidation sites excluding steroid dienone is 2. The first-order valence-electron chi connectivity index (χ1n) is 6.87. The van der Waals surface area contributed by atoms with E-state index < -0.39 is 0 Å². The Balaban J connectivity index is 1.87. The van der Waals surface area contributed by atoms with Crippen molar-refractivity contribution in [3.63, 3.8) is 0 Å². The highest BCUT2D eigenvalue weighted by Gasteiger charge is 2.49. The molecule has 4 aliphatic rings. The summed E-state index contributed by atoms with van der Waals surface area (Å²) in [5.74, 6) is 3.28. The summed E-state index contributed by atoms with van der Waals surface area (Å²) in [5.41, 5.74) is 2.30. The molecule has 0 radical (unpaired) electrons. The van der Waals surface area contributed by atoms with E-state index in [1.807, 2.05) is 0 Å². The average Bonchev–Trinajstić information content (AvgIpc) is 2.14. The Kier molecular flexibility index (Phi) is 2.23. The molecule has 84 valence electrons. The summed E-state index contributed by atoms with van der Waals surface area (Å²) in [6.45, 7) is 4.63. The molecular weight excluding hydrogens is 180 g/mol. The summed E-state index contributed by atoms with van der Waals surface area (Å²) in [6.07, 6.45) is 13.2. The van der Waals surface area contributed by atoms with Gasteiger partial charge in [-0.1, -0.05) is 18.6 Å². The van der Waals surface area contributed by atoms with Gasteiger partial charge in [0.2, 0.25) is 0 Å². The van der Waals surface area contributed by atoms with Gasteiger partial charge in [-0.15, -0.1) is 0 Å². The van der Waals surface area contributed by atoms with Gasteiger partial charge in [0.05, 0.1) is 0 Å². The molecule has 0 aromatic carbocycles. The van der Waals surface area contributed by atoms with Crippen LogP contribution in [0.15, 0.2) is 11.6 Å². The highest BCUT2D eigenvalue weighted by Crippen LogP contribution is 2.60. The molecule has 4 saturated carbocycles. The van der Waals surface area contributed by atoms with Crippen molar-refractivity contribution >= 4 is 0 Å². The molecule has 4 bridgehead atoms. The van der Waals surface area contributed by atoms with Crippen LogP contribution in [0.3, 0.4) is 0 Å². The zero-order valence-corrected chi connectivity index (χ0v) is 10.3. The van der Waals surface area contributed by atoms with E-state index in [0.717, 1.165) is 17.8 Å². The maximum absolute atomic E-state index is 2.68. The molecule has 0 spiro atoms. The highest BCUT2D eigenvalue weighted by atomic mass is 14.5. The summed E-state index contributed by atoms with van der Waals surface area (Å²) in [5, 5.41) is 0. The summed E-state index contributed by atoms with van der Waals surface area (Å²) in [7, 11) is 0. The van der Waals surface area contributed by atoms with Crippen molar-refractivity contribution in [1.82, 2.24) is 0 Å². The molecule has 4 rings (SSSR count). The summed E-state index contributed by atoms with van der Waals surface area (Å²) in [4.78, 5) is 0. The third kappa shape index (κ3) is 1.66. The molecule has 4 fully saturated rings. The quantitative estimate of drug-likeness (QED) is 0.578. The van der Waals surface area contributed by atoms with Crippen molar-refractivity contribution in [2.24, 2.45) is 23.2 Å². The maximum Gasteiger partial charge on any atom is -0.0108 e. The van der Waals surface area contributed by atoms with E-state index in [4.69, 9.17) is 0 Å². The average molecular weight is 204 g/mol. The molecule has 0 heterocycles. The number of hydrogen-bond acceptors (Lipinski definition) is 0. The van der Waals surface area contributed by atoms with Gasteiger partial charge in [0.15, 0.2) is 0 Å². The van der Waals surface area contributed by atoms with Crippen molar-refractivity contribution < 1.29 is 0 Å². The topological polar surface area (TPSA) is 0 Å². The fraction of sp³-hybridized carbons (Fsp3) is 0.867. The van der Waals surface area contributed by atoms with Crippen molar-refractivity contribution in [3.8, 4) is 0 Å². The molecule has 0 unspecified atom stereocenters. The second kappa shape index (κ2) is 3.37. The van der Waals surface area contributed by atoms with Crippen LogP contribution in [0.25, 0.3) is 0 Å². The Morgan fingerprint density at radius 3 is 1.93 bits per heavy atom. The molecule has 0 N–H and O–H groups in total. The minimum absolute atomic E-state index is 0.662. The first-order chi connectivity index (χ1) is 7.19. The molecule has 15 heavy (non-hydrogen) atoms. The van der Waals surface area contributed by atoms with Crippen LogP contribution in [0.5, 0.6) is 0 Å². The predicted octanol–water partition coefficient (Wildman–Crippen LogP) is 4.56. The van der Waals surface area contributed by atoms with Gasteiger partial charge in [0.1, 0.15) is 0 Å². The van der Waals surface area contributed by atoms with Crippen molar-refractivity contribution in [2.45, 2.75) is 58.8 Å². The van der Waals surface area contributed by atoms with Crippen LogP contribution >= 0.6 is 0 Å². The van der Waals surface area contributed by atoms with Crippen LogP contribution in [0.2, 0.25) is 0 Å². The zero-order valence-electron chi connectivity index (χ0n) is 10.3. The molecule has 0 aromatic rings. The molecule has 0 heteroatoms. The van der Waals surface area contributed by atoms with Gasteiger partial charge in [-0.25, -0.2) is 0 Å². The number of hydrogen-bond donors (Lipinski definition) is 0. The van der Waals surface area contributed by atoms with Crippen LogP contribution in [-0.2, 0) is 0 Å². The minimum Gasteiger partial charge on any atom is -0.0794 e. The first kappa shape index (κ1) is 9.93. The molecule has 0 atom stereocenters. The van der Waals surface area contributed by atoms with Gasteiger partial charge in [0, 0.05) is 0 Å². The molecular formula is C15H24. The maximum atomic E-state index is 2.68. The lowest BCUT2D eigenvalue weighted by Crippen LogP contribution is -2.45. The Bertz CT molecular complexity index is 249. The Morgan fingerprint density at radius 2 is 1.53 bits per heavy atom. The Hall–Kier alpha value is -0.260. The van der Waals surface area contributed by atoms with Crippen molar-refractivity contribution in [2.75, 3.05) is 0 Å². The summed E-state index contributed by atoms with van der Waals surface area (Å²) >= 11 is 0. The lowest BCUT2D eigenvalue weighted by atomic mass is 9.49. The monoisotopic (exact) mass is 204 g/mol. The third-order valence-corrected chi connectivity index (χ3v) is 5.20. The van der Waals surface area contributed by atoms with Gasteiger partial charge in [0.25, 0.3) is 0 Å². The van der Waals surface area contributed by atoms with Crippen molar-refractivity contribution in [1.29, 1.82) is 0 Å². The van der Waals surface area contributed by atoms with Crippen LogP contribution in [0.1, 0.15) is 58.8 Å². The fourth-order valence-corrected chi connectivity index (χ4v) is 4.98. The van der Waals surface area contributed by atoms with E-state index >= 15 is 0 Å². The van der Waals surface area contributed by atoms with E-state index in [9.17, 15) is 0 Å². The largest absolute Gasteiger partial charge is 0.0794 e. The van der Waals surface area contributed by atoms with E-state index in [2.05, 4.69) is 19.9 Å². The smallest absolute Gasteiger partial charge is 0.0108 e. The van der Waals surface area contributed by atoms with Gasteiger partial charge in [-0.05, 0) is 75.0 Å². The molecule has 0 amide bonds. The zero-order chi connectivity index (χ0) is 10.5. The highest BCUT2D eigenvalue weighted by molar-refractivity contribution is 5.14. The molecule has 0 aromatic heterocycles. The number of rotatable bonds is 2.